The van der Waals surface area contributed by atoms with Crippen LogP contribution in [0, 0.1) is 19.3 Å². The second-order valence-corrected chi connectivity index (χ2v) is 6.62. The third kappa shape index (κ3) is 1.89. The summed E-state index contributed by atoms with van der Waals surface area (Å²) in [4.78, 5) is 0. The molecular weight excluding hydrogens is 204 g/mol. The number of aryl methyl sites for hydroxylation is 1. The zero-order valence-corrected chi connectivity index (χ0v) is 11.6. The van der Waals surface area contributed by atoms with Crippen LogP contribution in [-0.2, 0) is 10.8 Å². The molecule has 0 spiro atoms. The van der Waals surface area contributed by atoms with Crippen LogP contribution >= 0.6 is 0 Å². The van der Waals surface area contributed by atoms with Crippen molar-refractivity contribution < 1.29 is 0 Å². The molecule has 0 heteroatoms. The maximum absolute atomic E-state index is 5.59. The smallest absolute Gasteiger partial charge is 0.0274 e. The first-order valence-electron chi connectivity index (χ1n) is 6.40. The van der Waals surface area contributed by atoms with Gasteiger partial charge in [0, 0.05) is 5.56 Å². The van der Waals surface area contributed by atoms with Crippen molar-refractivity contribution in [2.24, 2.45) is 0 Å². The SMILES string of the molecule is C#Cc1cc2c(cc1C)C(C)(C)CCC2(C)C. The van der Waals surface area contributed by atoms with Crippen molar-refractivity contribution in [3.8, 4) is 12.3 Å². The molecule has 0 fully saturated rings. The van der Waals surface area contributed by atoms with Crippen LogP contribution in [-0.4, -0.2) is 0 Å². The van der Waals surface area contributed by atoms with E-state index in [4.69, 9.17) is 6.42 Å². The molecule has 1 aliphatic rings. The van der Waals surface area contributed by atoms with Crippen LogP contribution in [0.5, 0.6) is 0 Å². The number of fused-ring (bicyclic) bond motifs is 1. The summed E-state index contributed by atoms with van der Waals surface area (Å²) in [5.74, 6) is 2.81. The fourth-order valence-corrected chi connectivity index (χ4v) is 2.88. The Morgan fingerprint density at radius 2 is 1.47 bits per heavy atom. The minimum absolute atomic E-state index is 0.254. The second kappa shape index (κ2) is 3.64. The number of hydrogen-bond donors (Lipinski definition) is 0. The van der Waals surface area contributed by atoms with Gasteiger partial charge >= 0.3 is 0 Å². The van der Waals surface area contributed by atoms with Gasteiger partial charge in [-0.2, -0.15) is 0 Å². The summed E-state index contributed by atoms with van der Waals surface area (Å²) in [7, 11) is 0. The van der Waals surface area contributed by atoms with Crippen molar-refractivity contribution in [1.82, 2.24) is 0 Å². The highest BCUT2D eigenvalue weighted by Crippen LogP contribution is 2.46. The third-order valence-corrected chi connectivity index (χ3v) is 4.35. The van der Waals surface area contributed by atoms with E-state index in [9.17, 15) is 0 Å². The van der Waals surface area contributed by atoms with E-state index < -0.39 is 0 Å². The summed E-state index contributed by atoms with van der Waals surface area (Å²) in [6, 6.07) is 4.55. The van der Waals surface area contributed by atoms with Crippen LogP contribution in [0.25, 0.3) is 0 Å². The molecule has 17 heavy (non-hydrogen) atoms. The molecule has 0 bridgehead atoms. The van der Waals surface area contributed by atoms with Gasteiger partial charge in [-0.25, -0.2) is 0 Å². The number of hydrogen-bond acceptors (Lipinski definition) is 0. The molecule has 0 atom stereocenters. The van der Waals surface area contributed by atoms with E-state index in [2.05, 4.69) is 52.7 Å². The van der Waals surface area contributed by atoms with Crippen LogP contribution in [0.15, 0.2) is 12.1 Å². The van der Waals surface area contributed by atoms with E-state index in [1.165, 1.54) is 29.5 Å². The number of rotatable bonds is 0. The first-order chi connectivity index (χ1) is 7.78. The molecular formula is C17H22. The lowest BCUT2D eigenvalue weighted by atomic mass is 9.62. The molecule has 0 radical (unpaired) electrons. The minimum Gasteiger partial charge on any atom is -0.115 e. The molecule has 0 unspecified atom stereocenters. The van der Waals surface area contributed by atoms with Crippen LogP contribution in [0.4, 0.5) is 0 Å². The Labute approximate surface area is 105 Å². The molecule has 0 N–H and O–H groups in total. The number of benzene rings is 1. The van der Waals surface area contributed by atoms with E-state index in [-0.39, 0.29) is 10.8 Å². The molecule has 0 saturated carbocycles. The van der Waals surface area contributed by atoms with Gasteiger partial charge in [0.05, 0.1) is 0 Å². The van der Waals surface area contributed by atoms with Crippen molar-refractivity contribution in [3.05, 3.63) is 34.4 Å². The van der Waals surface area contributed by atoms with Crippen LogP contribution in [0.3, 0.4) is 0 Å². The summed E-state index contributed by atoms with van der Waals surface area (Å²) in [5.41, 5.74) is 5.76. The maximum atomic E-state index is 5.59. The average molecular weight is 226 g/mol. The first kappa shape index (κ1) is 12.2. The van der Waals surface area contributed by atoms with E-state index in [1.807, 2.05) is 0 Å². The van der Waals surface area contributed by atoms with E-state index in [0.29, 0.717) is 0 Å². The zero-order chi connectivity index (χ0) is 12.8. The van der Waals surface area contributed by atoms with Crippen molar-refractivity contribution in [2.45, 2.75) is 58.3 Å². The van der Waals surface area contributed by atoms with Gasteiger partial charge in [0.2, 0.25) is 0 Å². The average Bonchev–Trinajstić information content (AvgIpc) is 2.24. The predicted molar refractivity (Wildman–Crippen MR) is 74.4 cm³/mol. The van der Waals surface area contributed by atoms with Gasteiger partial charge in [-0.3, -0.25) is 0 Å². The lowest BCUT2D eigenvalue weighted by Crippen LogP contribution is -2.34. The summed E-state index contributed by atoms with van der Waals surface area (Å²) >= 11 is 0. The summed E-state index contributed by atoms with van der Waals surface area (Å²) in [6.45, 7) is 11.5. The van der Waals surface area contributed by atoms with Gasteiger partial charge in [0.1, 0.15) is 0 Å². The Bertz CT molecular complexity index is 496. The van der Waals surface area contributed by atoms with Gasteiger partial charge in [-0.1, -0.05) is 39.7 Å². The van der Waals surface area contributed by atoms with Crippen LogP contribution in [0.1, 0.15) is 62.8 Å². The number of terminal acetylenes is 1. The topological polar surface area (TPSA) is 0 Å². The van der Waals surface area contributed by atoms with Gasteiger partial charge in [-0.05, 0) is 53.4 Å². The highest BCUT2D eigenvalue weighted by atomic mass is 14.4. The van der Waals surface area contributed by atoms with E-state index >= 15 is 0 Å². The van der Waals surface area contributed by atoms with Gasteiger partial charge in [-0.15, -0.1) is 6.42 Å². The fraction of sp³-hybridized carbons (Fsp3) is 0.529. The molecule has 0 heterocycles. The Morgan fingerprint density at radius 3 is 1.94 bits per heavy atom. The van der Waals surface area contributed by atoms with Crippen LogP contribution in [0.2, 0.25) is 0 Å². The van der Waals surface area contributed by atoms with Gasteiger partial charge in [0.25, 0.3) is 0 Å². The maximum Gasteiger partial charge on any atom is 0.0274 e. The van der Waals surface area contributed by atoms with Crippen LogP contribution < -0.4 is 0 Å². The molecule has 90 valence electrons. The lowest BCUT2D eigenvalue weighted by Gasteiger charge is -2.42. The molecule has 0 aromatic heterocycles. The highest BCUT2D eigenvalue weighted by Gasteiger charge is 2.37. The third-order valence-electron chi connectivity index (χ3n) is 4.35. The molecule has 0 nitrogen and oxygen atoms in total. The Hall–Kier alpha value is -1.22. The standard InChI is InChI=1S/C17H22/c1-7-13-11-15-14(10-12(13)2)16(3,4)8-9-17(15,5)6/h1,10-11H,8-9H2,2-6H3. The molecule has 0 saturated heterocycles. The first-order valence-corrected chi connectivity index (χ1v) is 6.40. The molecule has 1 aliphatic carbocycles. The summed E-state index contributed by atoms with van der Waals surface area (Å²) in [6.07, 6.45) is 8.08. The van der Waals surface area contributed by atoms with Gasteiger partial charge in [0.15, 0.2) is 0 Å². The monoisotopic (exact) mass is 226 g/mol. The Morgan fingerprint density at radius 1 is 1.00 bits per heavy atom. The lowest BCUT2D eigenvalue weighted by molar-refractivity contribution is 0.331. The van der Waals surface area contributed by atoms with E-state index in [0.717, 1.165) is 5.56 Å². The Kier molecular flexibility index (Phi) is 2.62. The highest BCUT2D eigenvalue weighted by molar-refractivity contribution is 5.51. The minimum atomic E-state index is 0.254. The molecule has 0 aliphatic heterocycles. The normalized spacial score (nSPS) is 20.5. The Balaban J connectivity index is 2.73. The van der Waals surface area contributed by atoms with Gasteiger partial charge < -0.3 is 0 Å². The molecule has 2 rings (SSSR count). The molecule has 1 aromatic carbocycles. The second-order valence-electron chi connectivity index (χ2n) is 6.62. The van der Waals surface area contributed by atoms with Crippen molar-refractivity contribution in [2.75, 3.05) is 0 Å². The zero-order valence-electron chi connectivity index (χ0n) is 11.6. The quantitative estimate of drug-likeness (QED) is 0.578. The van der Waals surface area contributed by atoms with Crippen molar-refractivity contribution in [3.63, 3.8) is 0 Å². The largest absolute Gasteiger partial charge is 0.115 e. The molecule has 1 aromatic rings. The fourth-order valence-electron chi connectivity index (χ4n) is 2.88. The van der Waals surface area contributed by atoms with Crippen molar-refractivity contribution in [1.29, 1.82) is 0 Å². The molecule has 0 amide bonds. The summed E-state index contributed by atoms with van der Waals surface area (Å²) < 4.78 is 0. The van der Waals surface area contributed by atoms with E-state index in [1.54, 1.807) is 0 Å². The predicted octanol–water partition coefficient (Wildman–Crippen LogP) is 4.33. The van der Waals surface area contributed by atoms with Crippen molar-refractivity contribution >= 4 is 0 Å². The summed E-state index contributed by atoms with van der Waals surface area (Å²) in [5, 5.41) is 0.